The maximum absolute atomic E-state index is 14.7. The number of halogens is 1. The quantitative estimate of drug-likeness (QED) is 0.790. The number of fused-ring (bicyclic) bond motifs is 1. The van der Waals surface area contributed by atoms with Crippen molar-refractivity contribution in [2.75, 3.05) is 19.8 Å². The highest BCUT2D eigenvalue weighted by atomic mass is 19.1. The summed E-state index contributed by atoms with van der Waals surface area (Å²) < 4.78 is 30.3. The summed E-state index contributed by atoms with van der Waals surface area (Å²) in [5, 5.41) is 0. The molecule has 0 bridgehead atoms. The second-order valence-corrected chi connectivity index (χ2v) is 4.53. The van der Waals surface area contributed by atoms with E-state index < -0.39 is 11.6 Å². The largest absolute Gasteiger partial charge is 0.486 e. The third-order valence-electron chi connectivity index (χ3n) is 3.05. The molecule has 19 heavy (non-hydrogen) atoms. The third kappa shape index (κ3) is 2.50. The first kappa shape index (κ1) is 13.6. The molecule has 0 radical (unpaired) electrons. The summed E-state index contributed by atoms with van der Waals surface area (Å²) in [7, 11) is 0. The van der Waals surface area contributed by atoms with E-state index in [1.165, 1.54) is 13.0 Å². The zero-order valence-electron chi connectivity index (χ0n) is 11.3. The van der Waals surface area contributed by atoms with E-state index in [4.69, 9.17) is 14.2 Å². The highest BCUT2D eigenvalue weighted by Crippen LogP contribution is 2.39. The van der Waals surface area contributed by atoms with Crippen molar-refractivity contribution in [1.82, 2.24) is 0 Å². The summed E-state index contributed by atoms with van der Waals surface area (Å²) in [5.41, 5.74) is -1.33. The highest BCUT2D eigenvalue weighted by molar-refractivity contribution is 5.81. The van der Waals surface area contributed by atoms with Crippen molar-refractivity contribution < 1.29 is 23.4 Å². The normalized spacial score (nSPS) is 16.6. The minimum atomic E-state index is -2.20. The fraction of sp³-hybridized carbons (Fsp3) is 0.500. The van der Waals surface area contributed by atoms with Crippen LogP contribution in [0.15, 0.2) is 12.1 Å². The lowest BCUT2D eigenvalue weighted by molar-refractivity contribution is -0.156. The van der Waals surface area contributed by atoms with Crippen molar-refractivity contribution in [3.63, 3.8) is 0 Å². The van der Waals surface area contributed by atoms with Gasteiger partial charge in [-0.2, -0.15) is 0 Å². The summed E-state index contributed by atoms with van der Waals surface area (Å²) >= 11 is 0. The van der Waals surface area contributed by atoms with E-state index in [9.17, 15) is 9.18 Å². The molecule has 1 unspecified atom stereocenters. The number of hydrogen-bond acceptors (Lipinski definition) is 4. The molecule has 0 saturated heterocycles. The van der Waals surface area contributed by atoms with Gasteiger partial charge in [-0.25, -0.2) is 9.18 Å². The Morgan fingerprint density at radius 3 is 2.53 bits per heavy atom. The predicted octanol–water partition coefficient (Wildman–Crippen LogP) is 2.51. The minimum absolute atomic E-state index is 0.141. The van der Waals surface area contributed by atoms with Crippen LogP contribution in [0.1, 0.15) is 25.0 Å². The molecule has 104 valence electrons. The Hall–Kier alpha value is -1.78. The first-order valence-corrected chi connectivity index (χ1v) is 6.23. The summed E-state index contributed by atoms with van der Waals surface area (Å²) in [4.78, 5) is 11.7. The zero-order chi connectivity index (χ0) is 14.0. The van der Waals surface area contributed by atoms with E-state index in [1.54, 1.807) is 19.9 Å². The molecule has 0 N–H and O–H groups in total. The lowest BCUT2D eigenvalue weighted by Crippen LogP contribution is -2.31. The van der Waals surface area contributed by atoms with Crippen LogP contribution < -0.4 is 9.47 Å². The molecule has 0 fully saturated rings. The van der Waals surface area contributed by atoms with Gasteiger partial charge in [0.05, 0.1) is 6.61 Å². The molecule has 0 spiro atoms. The number of rotatable bonds is 3. The van der Waals surface area contributed by atoms with Gasteiger partial charge in [-0.3, -0.25) is 0 Å². The zero-order valence-corrected chi connectivity index (χ0v) is 11.3. The number of aryl methyl sites for hydroxylation is 1. The van der Waals surface area contributed by atoms with Gasteiger partial charge in [0.2, 0.25) is 5.67 Å². The molecule has 0 saturated carbocycles. The van der Waals surface area contributed by atoms with Gasteiger partial charge in [0.1, 0.15) is 13.2 Å². The number of carbonyl (C=O) groups is 1. The van der Waals surface area contributed by atoms with E-state index in [0.717, 1.165) is 0 Å². The SMILES string of the molecule is CCOC(=O)C(C)(F)c1cc2c(cc1C)OCCO2. The molecule has 2 rings (SSSR count). The average Bonchev–Trinajstić information content (AvgIpc) is 2.38. The van der Waals surface area contributed by atoms with Crippen LogP contribution in [0.4, 0.5) is 4.39 Å². The van der Waals surface area contributed by atoms with Crippen molar-refractivity contribution >= 4 is 5.97 Å². The number of benzene rings is 1. The van der Waals surface area contributed by atoms with Crippen LogP contribution in [0.25, 0.3) is 0 Å². The first-order chi connectivity index (χ1) is 8.96. The summed E-state index contributed by atoms with van der Waals surface area (Å²) in [5.74, 6) is 0.141. The topological polar surface area (TPSA) is 44.8 Å². The number of ether oxygens (including phenoxy) is 3. The van der Waals surface area contributed by atoms with E-state index in [2.05, 4.69) is 0 Å². The van der Waals surface area contributed by atoms with E-state index in [1.807, 2.05) is 0 Å². The fourth-order valence-corrected chi connectivity index (χ4v) is 2.07. The number of hydrogen-bond donors (Lipinski definition) is 0. The molecule has 1 aliphatic heterocycles. The maximum atomic E-state index is 14.7. The van der Waals surface area contributed by atoms with Crippen molar-refractivity contribution in [3.05, 3.63) is 23.3 Å². The van der Waals surface area contributed by atoms with Crippen LogP contribution in [0.2, 0.25) is 0 Å². The van der Waals surface area contributed by atoms with E-state index >= 15 is 0 Å². The standard InChI is InChI=1S/C14H17FO4/c1-4-17-13(16)14(3,15)10-8-12-11(7-9(10)2)18-5-6-19-12/h7-8H,4-6H2,1-3H3. The number of alkyl halides is 1. The van der Waals surface area contributed by atoms with E-state index in [-0.39, 0.29) is 12.2 Å². The summed E-state index contributed by atoms with van der Waals surface area (Å²) in [6, 6.07) is 3.20. The Kier molecular flexibility index (Phi) is 3.64. The van der Waals surface area contributed by atoms with Gasteiger partial charge < -0.3 is 14.2 Å². The van der Waals surface area contributed by atoms with Gasteiger partial charge in [0.15, 0.2) is 11.5 Å². The molecule has 0 aromatic heterocycles. The van der Waals surface area contributed by atoms with Gasteiger partial charge in [0.25, 0.3) is 0 Å². The van der Waals surface area contributed by atoms with Crippen LogP contribution in [0.3, 0.4) is 0 Å². The summed E-state index contributed by atoms with van der Waals surface area (Å²) in [6.07, 6.45) is 0. The van der Waals surface area contributed by atoms with Crippen molar-refractivity contribution in [2.24, 2.45) is 0 Å². The fourth-order valence-electron chi connectivity index (χ4n) is 2.07. The second kappa shape index (κ2) is 5.07. The highest BCUT2D eigenvalue weighted by Gasteiger charge is 2.39. The molecule has 1 aromatic rings. The molecular weight excluding hydrogens is 251 g/mol. The van der Waals surface area contributed by atoms with Crippen LogP contribution in [-0.2, 0) is 15.2 Å². The van der Waals surface area contributed by atoms with Crippen molar-refractivity contribution in [3.8, 4) is 11.5 Å². The molecule has 1 atom stereocenters. The Bertz CT molecular complexity index is 496. The molecule has 4 nitrogen and oxygen atoms in total. The number of esters is 1. The third-order valence-corrected chi connectivity index (χ3v) is 3.05. The molecule has 5 heteroatoms. The molecule has 1 heterocycles. The second-order valence-electron chi connectivity index (χ2n) is 4.53. The molecule has 0 amide bonds. The molecule has 1 aliphatic rings. The average molecular weight is 268 g/mol. The maximum Gasteiger partial charge on any atom is 0.348 e. The Balaban J connectivity index is 2.41. The minimum Gasteiger partial charge on any atom is -0.486 e. The van der Waals surface area contributed by atoms with Gasteiger partial charge >= 0.3 is 5.97 Å². The predicted molar refractivity (Wildman–Crippen MR) is 67.3 cm³/mol. The van der Waals surface area contributed by atoms with Crippen molar-refractivity contribution in [2.45, 2.75) is 26.4 Å². The molecular formula is C14H17FO4. The number of carbonyl (C=O) groups excluding carboxylic acids is 1. The smallest absolute Gasteiger partial charge is 0.348 e. The first-order valence-electron chi connectivity index (χ1n) is 6.23. The van der Waals surface area contributed by atoms with Gasteiger partial charge in [-0.15, -0.1) is 0 Å². The van der Waals surface area contributed by atoms with E-state index in [0.29, 0.717) is 30.3 Å². The van der Waals surface area contributed by atoms with Gasteiger partial charge in [0, 0.05) is 5.56 Å². The Morgan fingerprint density at radius 2 is 1.95 bits per heavy atom. The van der Waals surface area contributed by atoms with Crippen LogP contribution >= 0.6 is 0 Å². The Morgan fingerprint density at radius 1 is 1.37 bits per heavy atom. The van der Waals surface area contributed by atoms with Gasteiger partial charge in [-0.1, -0.05) is 0 Å². The summed E-state index contributed by atoms with van der Waals surface area (Å²) in [6.45, 7) is 5.59. The van der Waals surface area contributed by atoms with Crippen LogP contribution in [0.5, 0.6) is 11.5 Å². The van der Waals surface area contributed by atoms with Crippen LogP contribution in [0, 0.1) is 6.92 Å². The Labute approximate surface area is 111 Å². The molecule has 1 aromatic carbocycles. The lowest BCUT2D eigenvalue weighted by atomic mass is 9.93. The van der Waals surface area contributed by atoms with Crippen LogP contribution in [-0.4, -0.2) is 25.8 Å². The lowest BCUT2D eigenvalue weighted by Gasteiger charge is -2.25. The molecule has 0 aliphatic carbocycles. The van der Waals surface area contributed by atoms with Crippen molar-refractivity contribution in [1.29, 1.82) is 0 Å². The van der Waals surface area contributed by atoms with Gasteiger partial charge in [-0.05, 0) is 38.5 Å². The monoisotopic (exact) mass is 268 g/mol.